The molecule has 1 amide bonds. The first-order valence-electron chi connectivity index (χ1n) is 4.76. The van der Waals surface area contributed by atoms with Gasteiger partial charge in [-0.3, -0.25) is 9.59 Å². The Morgan fingerprint density at radius 3 is 2.71 bits per heavy atom. The highest BCUT2D eigenvalue weighted by Crippen LogP contribution is 2.20. The largest absolute Gasteiger partial charge is 0.468 e. The van der Waals surface area contributed by atoms with Crippen LogP contribution in [0.4, 0.5) is 4.39 Å². The molecule has 0 radical (unpaired) electrons. The summed E-state index contributed by atoms with van der Waals surface area (Å²) in [5.41, 5.74) is 0.332. The second kappa shape index (κ2) is 5.63. The lowest BCUT2D eigenvalue weighted by atomic mass is 10.1. The highest BCUT2D eigenvalue weighted by Gasteiger charge is 2.14. The van der Waals surface area contributed by atoms with Crippen LogP contribution in [0.25, 0.3) is 0 Å². The predicted octanol–water partition coefficient (Wildman–Crippen LogP) is 1.69. The van der Waals surface area contributed by atoms with Gasteiger partial charge in [-0.1, -0.05) is 11.6 Å². The van der Waals surface area contributed by atoms with Crippen LogP contribution in [0, 0.1) is 12.7 Å². The first-order valence-corrected chi connectivity index (χ1v) is 5.14. The van der Waals surface area contributed by atoms with Gasteiger partial charge in [0.25, 0.3) is 5.91 Å². The van der Waals surface area contributed by atoms with Gasteiger partial charge in [0.1, 0.15) is 12.4 Å². The summed E-state index contributed by atoms with van der Waals surface area (Å²) in [4.78, 5) is 22.4. The molecule has 0 aliphatic carbocycles. The fourth-order valence-corrected chi connectivity index (χ4v) is 1.44. The van der Waals surface area contributed by atoms with Gasteiger partial charge >= 0.3 is 5.97 Å². The van der Waals surface area contributed by atoms with Gasteiger partial charge in [0.05, 0.1) is 17.7 Å². The molecule has 0 aliphatic rings. The molecular formula is C11H11ClFNO3. The van der Waals surface area contributed by atoms with Crippen LogP contribution in [0.15, 0.2) is 12.1 Å². The van der Waals surface area contributed by atoms with E-state index in [9.17, 15) is 14.0 Å². The smallest absolute Gasteiger partial charge is 0.325 e. The zero-order chi connectivity index (χ0) is 13.0. The normalized spacial score (nSPS) is 9.88. The maximum atomic E-state index is 13.3. The molecule has 0 heterocycles. The molecule has 1 aromatic carbocycles. The number of amides is 1. The Labute approximate surface area is 103 Å². The van der Waals surface area contributed by atoms with E-state index in [0.717, 1.165) is 6.07 Å². The van der Waals surface area contributed by atoms with Crippen molar-refractivity contribution >= 4 is 23.5 Å². The summed E-state index contributed by atoms with van der Waals surface area (Å²) in [6, 6.07) is 2.38. The molecule has 0 fully saturated rings. The minimum atomic E-state index is -0.626. The second-order valence-electron chi connectivity index (χ2n) is 3.34. The Hall–Kier alpha value is -1.62. The van der Waals surface area contributed by atoms with Gasteiger partial charge < -0.3 is 10.1 Å². The summed E-state index contributed by atoms with van der Waals surface area (Å²) in [5, 5.41) is 2.40. The van der Waals surface area contributed by atoms with Crippen LogP contribution < -0.4 is 5.32 Å². The van der Waals surface area contributed by atoms with Crippen molar-refractivity contribution in [2.45, 2.75) is 6.92 Å². The molecule has 0 unspecified atom stereocenters. The van der Waals surface area contributed by atoms with Gasteiger partial charge in [-0.2, -0.15) is 0 Å². The fraction of sp³-hybridized carbons (Fsp3) is 0.273. The molecular weight excluding hydrogens is 249 g/mol. The van der Waals surface area contributed by atoms with E-state index in [1.54, 1.807) is 0 Å². The average molecular weight is 260 g/mol. The topological polar surface area (TPSA) is 55.4 Å². The lowest BCUT2D eigenvalue weighted by Crippen LogP contribution is -2.30. The van der Waals surface area contributed by atoms with Crippen molar-refractivity contribution in [3.8, 4) is 0 Å². The Bertz CT molecular complexity index is 462. The standard InChI is InChI=1S/C11H11ClFNO3/c1-6-3-8(12)7(4-9(6)13)11(16)14-5-10(15)17-2/h3-4H,5H2,1-2H3,(H,14,16). The van der Waals surface area contributed by atoms with Gasteiger partial charge in [-0.05, 0) is 24.6 Å². The molecule has 6 heteroatoms. The van der Waals surface area contributed by atoms with Crippen molar-refractivity contribution in [1.82, 2.24) is 5.32 Å². The third kappa shape index (κ3) is 3.42. The molecule has 0 saturated carbocycles. The fourth-order valence-electron chi connectivity index (χ4n) is 1.14. The van der Waals surface area contributed by atoms with Gasteiger partial charge in [-0.25, -0.2) is 4.39 Å². The number of carbonyl (C=O) groups is 2. The number of hydrogen-bond acceptors (Lipinski definition) is 3. The number of ether oxygens (including phenoxy) is 1. The Morgan fingerprint density at radius 2 is 2.12 bits per heavy atom. The van der Waals surface area contributed by atoms with Crippen molar-refractivity contribution in [3.63, 3.8) is 0 Å². The number of hydrogen-bond donors (Lipinski definition) is 1. The minimum Gasteiger partial charge on any atom is -0.468 e. The van der Waals surface area contributed by atoms with E-state index in [-0.39, 0.29) is 17.1 Å². The molecule has 92 valence electrons. The molecule has 0 saturated heterocycles. The number of halogens is 2. The van der Waals surface area contributed by atoms with Crippen molar-refractivity contribution in [3.05, 3.63) is 34.1 Å². The Kier molecular flexibility index (Phi) is 4.45. The van der Waals surface area contributed by atoms with Crippen LogP contribution in [-0.4, -0.2) is 25.5 Å². The van der Waals surface area contributed by atoms with Crippen LogP contribution in [0.3, 0.4) is 0 Å². The quantitative estimate of drug-likeness (QED) is 0.841. The van der Waals surface area contributed by atoms with Crippen LogP contribution in [0.1, 0.15) is 15.9 Å². The summed E-state index contributed by atoms with van der Waals surface area (Å²) in [6.45, 7) is 1.25. The molecule has 0 atom stereocenters. The zero-order valence-electron chi connectivity index (χ0n) is 9.34. The third-order valence-electron chi connectivity index (χ3n) is 2.11. The van der Waals surface area contributed by atoms with Crippen LogP contribution >= 0.6 is 11.6 Å². The molecule has 0 aromatic heterocycles. The molecule has 17 heavy (non-hydrogen) atoms. The number of aryl methyl sites for hydroxylation is 1. The van der Waals surface area contributed by atoms with Crippen LogP contribution in [0.5, 0.6) is 0 Å². The molecule has 1 N–H and O–H groups in total. The number of methoxy groups -OCH3 is 1. The number of nitrogens with one attached hydrogen (secondary N) is 1. The van der Waals surface area contributed by atoms with E-state index in [1.807, 2.05) is 0 Å². The molecule has 0 aliphatic heterocycles. The third-order valence-corrected chi connectivity index (χ3v) is 2.43. The van der Waals surface area contributed by atoms with Crippen LogP contribution in [-0.2, 0) is 9.53 Å². The molecule has 0 spiro atoms. The minimum absolute atomic E-state index is 0.0151. The van der Waals surface area contributed by atoms with E-state index in [2.05, 4.69) is 10.1 Å². The van der Waals surface area contributed by atoms with E-state index >= 15 is 0 Å². The molecule has 1 aromatic rings. The SMILES string of the molecule is COC(=O)CNC(=O)c1cc(F)c(C)cc1Cl. The van der Waals surface area contributed by atoms with Crippen molar-refractivity contribution in [2.75, 3.05) is 13.7 Å². The highest BCUT2D eigenvalue weighted by molar-refractivity contribution is 6.33. The lowest BCUT2D eigenvalue weighted by Gasteiger charge is -2.07. The number of esters is 1. The zero-order valence-corrected chi connectivity index (χ0v) is 10.1. The van der Waals surface area contributed by atoms with Crippen molar-refractivity contribution in [1.29, 1.82) is 0 Å². The summed E-state index contributed by atoms with van der Waals surface area (Å²) in [7, 11) is 1.20. The van der Waals surface area contributed by atoms with Crippen molar-refractivity contribution < 1.29 is 18.7 Å². The van der Waals surface area contributed by atoms with Gasteiger partial charge in [0.15, 0.2) is 0 Å². The van der Waals surface area contributed by atoms with E-state index in [0.29, 0.717) is 5.56 Å². The average Bonchev–Trinajstić information content (AvgIpc) is 2.30. The van der Waals surface area contributed by atoms with Crippen molar-refractivity contribution in [2.24, 2.45) is 0 Å². The Balaban J connectivity index is 2.82. The first-order chi connectivity index (χ1) is 7.95. The lowest BCUT2D eigenvalue weighted by molar-refractivity contribution is -0.139. The number of benzene rings is 1. The van der Waals surface area contributed by atoms with Gasteiger partial charge in [-0.15, -0.1) is 0 Å². The second-order valence-corrected chi connectivity index (χ2v) is 3.75. The maximum Gasteiger partial charge on any atom is 0.325 e. The molecule has 4 nitrogen and oxygen atoms in total. The number of carbonyl (C=O) groups excluding carboxylic acids is 2. The van der Waals surface area contributed by atoms with E-state index < -0.39 is 17.7 Å². The predicted molar refractivity (Wildman–Crippen MR) is 60.5 cm³/mol. The Morgan fingerprint density at radius 1 is 1.47 bits per heavy atom. The summed E-state index contributed by atoms with van der Waals surface area (Å²) < 4.78 is 17.6. The van der Waals surface area contributed by atoms with E-state index in [1.165, 1.54) is 20.1 Å². The highest BCUT2D eigenvalue weighted by atomic mass is 35.5. The van der Waals surface area contributed by atoms with E-state index in [4.69, 9.17) is 11.6 Å². The molecule has 1 rings (SSSR count). The summed E-state index contributed by atoms with van der Waals surface area (Å²) in [6.07, 6.45) is 0. The van der Waals surface area contributed by atoms with Gasteiger partial charge in [0.2, 0.25) is 0 Å². The van der Waals surface area contributed by atoms with Gasteiger partial charge in [0, 0.05) is 0 Å². The monoisotopic (exact) mass is 259 g/mol. The molecule has 0 bridgehead atoms. The van der Waals surface area contributed by atoms with Crippen LogP contribution in [0.2, 0.25) is 5.02 Å². The summed E-state index contributed by atoms with van der Waals surface area (Å²) >= 11 is 5.80. The maximum absolute atomic E-state index is 13.3. The first kappa shape index (κ1) is 13.4. The summed E-state index contributed by atoms with van der Waals surface area (Å²) in [5.74, 6) is -1.75. The number of rotatable bonds is 3.